The minimum Gasteiger partial charge on any atom is -0.467 e. The number of benzene rings is 1. The van der Waals surface area contributed by atoms with E-state index >= 15 is 0 Å². The second-order valence-electron chi connectivity index (χ2n) is 7.34. The smallest absolute Gasteiger partial charge is 0.411 e. The van der Waals surface area contributed by atoms with Crippen LogP contribution in [-0.4, -0.2) is 48.3 Å². The van der Waals surface area contributed by atoms with E-state index in [0.29, 0.717) is 13.0 Å². The number of likely N-dealkylation sites (tertiary alicyclic amines) is 1. The Morgan fingerprint density at radius 2 is 1.88 bits per heavy atom. The fourth-order valence-electron chi connectivity index (χ4n) is 3.06. The molecule has 1 fully saturated rings. The molecule has 3 atom stereocenters. The number of rotatable bonds is 4. The Balaban J connectivity index is 2.13. The molecule has 6 heteroatoms. The van der Waals surface area contributed by atoms with Gasteiger partial charge in [-0.2, -0.15) is 0 Å². The Hall–Kier alpha value is -2.08. The molecule has 1 aliphatic rings. The first-order valence-electron chi connectivity index (χ1n) is 8.61. The Morgan fingerprint density at radius 3 is 2.44 bits per heavy atom. The van der Waals surface area contributed by atoms with Gasteiger partial charge in [-0.3, -0.25) is 4.90 Å². The van der Waals surface area contributed by atoms with E-state index < -0.39 is 23.7 Å². The lowest BCUT2D eigenvalue weighted by Gasteiger charge is -2.30. The van der Waals surface area contributed by atoms with Gasteiger partial charge in [-0.1, -0.05) is 30.3 Å². The average Bonchev–Trinajstić information content (AvgIpc) is 2.97. The van der Waals surface area contributed by atoms with Gasteiger partial charge < -0.3 is 14.8 Å². The zero-order valence-corrected chi connectivity index (χ0v) is 15.6. The highest BCUT2D eigenvalue weighted by atomic mass is 16.6. The van der Waals surface area contributed by atoms with Gasteiger partial charge in [-0.05, 0) is 39.7 Å². The second kappa shape index (κ2) is 7.87. The maximum atomic E-state index is 12.5. The monoisotopic (exact) mass is 348 g/mol. The lowest BCUT2D eigenvalue weighted by molar-refractivity contribution is -0.146. The van der Waals surface area contributed by atoms with E-state index in [1.807, 2.05) is 37.3 Å². The molecule has 25 heavy (non-hydrogen) atoms. The van der Waals surface area contributed by atoms with Crippen molar-refractivity contribution in [3.63, 3.8) is 0 Å². The SMILES string of the molecule is COC(=O)[C@H]1[C@@H](N[C@@H](C)c2ccccc2)CCN1C(=O)OC(C)(C)C. The molecule has 0 unspecified atom stereocenters. The van der Waals surface area contributed by atoms with Crippen molar-refractivity contribution >= 4 is 12.1 Å². The number of nitrogens with zero attached hydrogens (tertiary/aromatic N) is 1. The third-order valence-corrected chi connectivity index (χ3v) is 4.23. The number of nitrogens with one attached hydrogen (secondary N) is 1. The molecule has 0 bridgehead atoms. The molecule has 0 aliphatic carbocycles. The van der Waals surface area contributed by atoms with Crippen LogP contribution < -0.4 is 5.32 Å². The highest BCUT2D eigenvalue weighted by molar-refractivity contribution is 5.83. The summed E-state index contributed by atoms with van der Waals surface area (Å²) < 4.78 is 10.4. The van der Waals surface area contributed by atoms with Crippen LogP contribution in [0, 0.1) is 0 Å². The fourth-order valence-corrected chi connectivity index (χ4v) is 3.06. The summed E-state index contributed by atoms with van der Waals surface area (Å²) in [5, 5.41) is 3.46. The number of ether oxygens (including phenoxy) is 2. The molecule has 0 saturated carbocycles. The summed E-state index contributed by atoms with van der Waals surface area (Å²) in [6, 6.07) is 9.17. The normalized spacial score (nSPS) is 21.7. The van der Waals surface area contributed by atoms with Crippen molar-refractivity contribution in [2.45, 2.75) is 57.8 Å². The Morgan fingerprint density at radius 1 is 1.24 bits per heavy atom. The molecule has 1 aromatic carbocycles. The Bertz CT molecular complexity index is 597. The highest BCUT2D eigenvalue weighted by Crippen LogP contribution is 2.25. The number of amides is 1. The van der Waals surface area contributed by atoms with Crippen LogP contribution in [0.5, 0.6) is 0 Å². The van der Waals surface area contributed by atoms with Gasteiger partial charge in [0.2, 0.25) is 0 Å². The molecule has 0 spiro atoms. The van der Waals surface area contributed by atoms with Crippen LogP contribution in [0.3, 0.4) is 0 Å². The molecule has 2 rings (SSSR count). The van der Waals surface area contributed by atoms with Gasteiger partial charge in [0.1, 0.15) is 11.6 Å². The van der Waals surface area contributed by atoms with Gasteiger partial charge in [-0.15, -0.1) is 0 Å². The van der Waals surface area contributed by atoms with Gasteiger partial charge in [0.25, 0.3) is 0 Å². The third-order valence-electron chi connectivity index (χ3n) is 4.23. The van der Waals surface area contributed by atoms with Crippen molar-refractivity contribution in [1.82, 2.24) is 10.2 Å². The van der Waals surface area contributed by atoms with E-state index in [0.717, 1.165) is 5.56 Å². The molecule has 1 N–H and O–H groups in total. The zero-order chi connectivity index (χ0) is 18.6. The topological polar surface area (TPSA) is 67.9 Å². The quantitative estimate of drug-likeness (QED) is 0.848. The van der Waals surface area contributed by atoms with Crippen LogP contribution in [0.1, 0.15) is 45.7 Å². The van der Waals surface area contributed by atoms with Crippen molar-refractivity contribution in [3.05, 3.63) is 35.9 Å². The summed E-state index contributed by atoms with van der Waals surface area (Å²) >= 11 is 0. The molecule has 138 valence electrons. The number of hydrogen-bond acceptors (Lipinski definition) is 5. The van der Waals surface area contributed by atoms with Crippen LogP contribution in [0.15, 0.2) is 30.3 Å². The summed E-state index contributed by atoms with van der Waals surface area (Å²) in [7, 11) is 1.34. The van der Waals surface area contributed by atoms with Crippen molar-refractivity contribution in [2.75, 3.05) is 13.7 Å². The predicted molar refractivity (Wildman–Crippen MR) is 95.1 cm³/mol. The van der Waals surface area contributed by atoms with E-state index in [1.54, 1.807) is 20.8 Å². The molecule has 6 nitrogen and oxygen atoms in total. The molecule has 1 aliphatic heterocycles. The van der Waals surface area contributed by atoms with E-state index in [1.165, 1.54) is 12.0 Å². The molecule has 1 aromatic rings. The molecule has 0 radical (unpaired) electrons. The number of esters is 1. The minimum absolute atomic E-state index is 0.0527. The van der Waals surface area contributed by atoms with Crippen LogP contribution in [0.25, 0.3) is 0 Å². The summed E-state index contributed by atoms with van der Waals surface area (Å²) in [4.78, 5) is 26.2. The van der Waals surface area contributed by atoms with Crippen molar-refractivity contribution in [3.8, 4) is 0 Å². The third kappa shape index (κ3) is 4.95. The van der Waals surface area contributed by atoms with Crippen LogP contribution in [0.4, 0.5) is 4.79 Å². The molecule has 1 heterocycles. The minimum atomic E-state index is -0.689. The standard InChI is InChI=1S/C19H28N2O4/c1-13(14-9-7-6-8-10-14)20-15-11-12-21(16(15)17(22)24-5)18(23)25-19(2,3)4/h6-10,13,15-16,20H,11-12H2,1-5H3/t13-,15-,16+/m0/s1. The molecule has 1 saturated heterocycles. The fraction of sp³-hybridized carbons (Fsp3) is 0.579. The Labute approximate surface area is 149 Å². The van der Waals surface area contributed by atoms with Crippen LogP contribution in [0.2, 0.25) is 0 Å². The van der Waals surface area contributed by atoms with E-state index in [9.17, 15) is 9.59 Å². The maximum Gasteiger partial charge on any atom is 0.411 e. The lowest BCUT2D eigenvalue weighted by atomic mass is 10.0. The van der Waals surface area contributed by atoms with Crippen molar-refractivity contribution in [1.29, 1.82) is 0 Å². The highest BCUT2D eigenvalue weighted by Gasteiger charge is 2.44. The first kappa shape index (κ1) is 19.2. The number of carbonyl (C=O) groups excluding carboxylic acids is 2. The van der Waals surface area contributed by atoms with Crippen LogP contribution in [-0.2, 0) is 14.3 Å². The lowest BCUT2D eigenvalue weighted by Crippen LogP contribution is -2.51. The van der Waals surface area contributed by atoms with Crippen molar-refractivity contribution < 1.29 is 19.1 Å². The van der Waals surface area contributed by atoms with E-state index in [-0.39, 0.29) is 12.1 Å². The van der Waals surface area contributed by atoms with Crippen molar-refractivity contribution in [2.24, 2.45) is 0 Å². The van der Waals surface area contributed by atoms with Gasteiger partial charge in [0.15, 0.2) is 0 Å². The number of methoxy groups -OCH3 is 1. The van der Waals surface area contributed by atoms with E-state index in [4.69, 9.17) is 9.47 Å². The molecule has 1 amide bonds. The maximum absolute atomic E-state index is 12.5. The summed E-state index contributed by atoms with van der Waals surface area (Å²) in [6.07, 6.45) is 0.176. The van der Waals surface area contributed by atoms with Crippen LogP contribution >= 0.6 is 0 Å². The zero-order valence-electron chi connectivity index (χ0n) is 15.6. The Kier molecular flexibility index (Phi) is 6.06. The van der Waals surface area contributed by atoms with Gasteiger partial charge >= 0.3 is 12.1 Å². The first-order valence-corrected chi connectivity index (χ1v) is 8.61. The average molecular weight is 348 g/mol. The summed E-state index contributed by atoms with van der Waals surface area (Å²) in [6.45, 7) is 7.91. The van der Waals surface area contributed by atoms with Gasteiger partial charge in [0, 0.05) is 18.6 Å². The number of hydrogen-bond donors (Lipinski definition) is 1. The van der Waals surface area contributed by atoms with E-state index in [2.05, 4.69) is 5.32 Å². The van der Waals surface area contributed by atoms with Gasteiger partial charge in [0.05, 0.1) is 7.11 Å². The molecular formula is C19H28N2O4. The second-order valence-corrected chi connectivity index (χ2v) is 7.34. The summed E-state index contributed by atoms with van der Waals surface area (Å²) in [5.74, 6) is -0.430. The summed E-state index contributed by atoms with van der Waals surface area (Å²) in [5.41, 5.74) is 0.516. The largest absolute Gasteiger partial charge is 0.467 e. The number of carbonyl (C=O) groups is 2. The molecule has 0 aromatic heterocycles. The predicted octanol–water partition coefficient (Wildman–Crippen LogP) is 2.89. The molecular weight excluding hydrogens is 320 g/mol. The first-order chi connectivity index (χ1) is 11.7. The van der Waals surface area contributed by atoms with Gasteiger partial charge in [-0.25, -0.2) is 9.59 Å².